The summed E-state index contributed by atoms with van der Waals surface area (Å²) in [5.41, 5.74) is 3.79. The molecule has 2 aliphatic rings. The number of likely N-dealkylation sites (tertiary alicyclic amines) is 2. The first-order chi connectivity index (χ1) is 15.3. The summed E-state index contributed by atoms with van der Waals surface area (Å²) in [6, 6.07) is 12.2. The van der Waals surface area contributed by atoms with Gasteiger partial charge in [-0.25, -0.2) is 0 Å². The third kappa shape index (κ3) is 3.95. The molecule has 2 aliphatic heterocycles. The summed E-state index contributed by atoms with van der Waals surface area (Å²) in [6.07, 6.45) is 0. The summed E-state index contributed by atoms with van der Waals surface area (Å²) in [4.78, 5) is 32.2. The van der Waals surface area contributed by atoms with Crippen molar-refractivity contribution in [2.24, 2.45) is 18.4 Å². The molecule has 172 valence electrons. The maximum Gasteiger partial charge on any atom is 0.255 e. The van der Waals surface area contributed by atoms with E-state index in [2.05, 4.69) is 35.7 Å². The molecule has 2 saturated heterocycles. The van der Waals surface area contributed by atoms with E-state index in [1.807, 2.05) is 48.0 Å². The molecule has 2 amide bonds. The standard InChI is InChI=1S/C25H34N4O3/c1-18-21(11-22(27(18)4)19-9-7-6-8-10-19)24(31)29-13-20-12-28(23(30)14-32-5)16-25(20,17-29)15-26(2)3/h6-11,20H,12-17H2,1-5H3/t20-,25+/m1/s1. The zero-order valence-corrected chi connectivity index (χ0v) is 19.8. The van der Waals surface area contributed by atoms with E-state index in [1.54, 1.807) is 7.11 Å². The number of nitrogens with zero attached hydrogens (tertiary/aromatic N) is 4. The van der Waals surface area contributed by atoms with Gasteiger partial charge in [-0.2, -0.15) is 0 Å². The van der Waals surface area contributed by atoms with Crippen LogP contribution in [-0.4, -0.2) is 91.6 Å². The smallest absolute Gasteiger partial charge is 0.255 e. The molecule has 0 unspecified atom stereocenters. The van der Waals surface area contributed by atoms with Gasteiger partial charge in [0.15, 0.2) is 0 Å². The van der Waals surface area contributed by atoms with Crippen molar-refractivity contribution in [3.8, 4) is 11.3 Å². The van der Waals surface area contributed by atoms with Gasteiger partial charge >= 0.3 is 0 Å². The normalized spacial score (nSPS) is 22.6. The maximum absolute atomic E-state index is 13.6. The Morgan fingerprint density at radius 2 is 1.78 bits per heavy atom. The molecule has 0 bridgehead atoms. The third-order valence-corrected chi connectivity index (χ3v) is 7.13. The molecule has 0 saturated carbocycles. The molecule has 3 heterocycles. The molecule has 1 aromatic carbocycles. The minimum Gasteiger partial charge on any atom is -0.375 e. The summed E-state index contributed by atoms with van der Waals surface area (Å²) >= 11 is 0. The molecule has 0 spiro atoms. The third-order valence-electron chi connectivity index (χ3n) is 7.13. The van der Waals surface area contributed by atoms with Gasteiger partial charge in [-0.3, -0.25) is 9.59 Å². The Labute approximate surface area is 190 Å². The SMILES string of the molecule is COCC(=O)N1C[C@@H]2CN(C(=O)c3cc(-c4ccccc4)n(C)c3C)C[C@]2(CN(C)C)C1. The summed E-state index contributed by atoms with van der Waals surface area (Å²) in [5, 5.41) is 0. The van der Waals surface area contributed by atoms with Crippen LogP contribution in [0.25, 0.3) is 11.3 Å². The maximum atomic E-state index is 13.6. The summed E-state index contributed by atoms with van der Waals surface area (Å²) < 4.78 is 7.16. The average Bonchev–Trinajstić information content (AvgIpc) is 3.37. The van der Waals surface area contributed by atoms with Gasteiger partial charge in [-0.15, -0.1) is 0 Å². The second-order valence-corrected chi connectivity index (χ2v) is 9.64. The van der Waals surface area contributed by atoms with E-state index in [0.29, 0.717) is 26.2 Å². The first-order valence-electron chi connectivity index (χ1n) is 11.2. The van der Waals surface area contributed by atoms with Crippen molar-refractivity contribution in [1.29, 1.82) is 0 Å². The Kier molecular flexibility index (Phi) is 6.14. The molecular weight excluding hydrogens is 404 g/mol. The fraction of sp³-hybridized carbons (Fsp3) is 0.520. The Morgan fingerprint density at radius 1 is 1.12 bits per heavy atom. The van der Waals surface area contributed by atoms with E-state index in [1.165, 1.54) is 0 Å². The van der Waals surface area contributed by atoms with Gasteiger partial charge in [0.25, 0.3) is 5.91 Å². The Balaban J connectivity index is 1.58. The van der Waals surface area contributed by atoms with Gasteiger partial charge < -0.3 is 24.0 Å². The Hall–Kier alpha value is -2.64. The fourth-order valence-corrected chi connectivity index (χ4v) is 5.57. The first kappa shape index (κ1) is 22.6. The average molecular weight is 439 g/mol. The van der Waals surface area contributed by atoms with Crippen LogP contribution >= 0.6 is 0 Å². The predicted molar refractivity (Wildman–Crippen MR) is 124 cm³/mol. The Morgan fingerprint density at radius 3 is 2.44 bits per heavy atom. The number of ether oxygens (including phenoxy) is 1. The topological polar surface area (TPSA) is 58.0 Å². The van der Waals surface area contributed by atoms with Crippen LogP contribution in [0.3, 0.4) is 0 Å². The van der Waals surface area contributed by atoms with Gasteiger partial charge in [0.05, 0.1) is 5.56 Å². The van der Waals surface area contributed by atoms with E-state index in [0.717, 1.165) is 29.1 Å². The number of carbonyl (C=O) groups is 2. The quantitative estimate of drug-likeness (QED) is 0.693. The molecule has 2 aromatic rings. The van der Waals surface area contributed by atoms with Gasteiger partial charge in [0.2, 0.25) is 5.91 Å². The molecule has 7 heteroatoms. The van der Waals surface area contributed by atoms with Crippen LogP contribution in [0.1, 0.15) is 16.1 Å². The van der Waals surface area contributed by atoms with E-state index in [9.17, 15) is 9.59 Å². The van der Waals surface area contributed by atoms with Crippen molar-refractivity contribution >= 4 is 11.8 Å². The molecule has 2 fully saturated rings. The molecular formula is C25H34N4O3. The van der Waals surface area contributed by atoms with E-state index in [4.69, 9.17) is 4.74 Å². The molecule has 0 N–H and O–H groups in total. The van der Waals surface area contributed by atoms with E-state index in [-0.39, 0.29) is 29.8 Å². The summed E-state index contributed by atoms with van der Waals surface area (Å²) in [5.74, 6) is 0.388. The largest absolute Gasteiger partial charge is 0.375 e. The number of aromatic nitrogens is 1. The number of fused-ring (bicyclic) bond motifs is 1. The monoisotopic (exact) mass is 438 g/mol. The molecule has 1 aromatic heterocycles. The molecule has 32 heavy (non-hydrogen) atoms. The van der Waals surface area contributed by atoms with E-state index < -0.39 is 0 Å². The van der Waals surface area contributed by atoms with Crippen molar-refractivity contribution in [1.82, 2.24) is 19.3 Å². The number of carbonyl (C=O) groups excluding carboxylic acids is 2. The van der Waals surface area contributed by atoms with Crippen LogP contribution in [0.15, 0.2) is 36.4 Å². The van der Waals surface area contributed by atoms with Crippen LogP contribution in [0.5, 0.6) is 0 Å². The summed E-state index contributed by atoms with van der Waals surface area (Å²) in [7, 11) is 7.68. The number of rotatable bonds is 6. The van der Waals surface area contributed by atoms with Gasteiger partial charge in [0.1, 0.15) is 6.61 Å². The predicted octanol–water partition coefficient (Wildman–Crippen LogP) is 2.11. The van der Waals surface area contributed by atoms with Crippen molar-refractivity contribution in [2.45, 2.75) is 6.92 Å². The van der Waals surface area contributed by atoms with Crippen LogP contribution in [0.2, 0.25) is 0 Å². The first-order valence-corrected chi connectivity index (χ1v) is 11.2. The lowest BCUT2D eigenvalue weighted by Gasteiger charge is -2.32. The van der Waals surface area contributed by atoms with Crippen LogP contribution in [0, 0.1) is 18.3 Å². The highest BCUT2D eigenvalue weighted by Gasteiger charge is 2.54. The fourth-order valence-electron chi connectivity index (χ4n) is 5.57. The van der Waals surface area contributed by atoms with Crippen molar-refractivity contribution in [3.63, 3.8) is 0 Å². The summed E-state index contributed by atoms with van der Waals surface area (Å²) in [6.45, 7) is 5.67. The zero-order chi connectivity index (χ0) is 23.0. The lowest BCUT2D eigenvalue weighted by molar-refractivity contribution is -0.134. The van der Waals surface area contributed by atoms with Crippen LogP contribution in [0.4, 0.5) is 0 Å². The molecule has 2 atom stereocenters. The number of hydrogen-bond donors (Lipinski definition) is 0. The van der Waals surface area contributed by atoms with Crippen molar-refractivity contribution in [2.75, 3.05) is 60.5 Å². The van der Waals surface area contributed by atoms with Gasteiger partial charge in [0, 0.05) is 69.6 Å². The van der Waals surface area contributed by atoms with Crippen molar-refractivity contribution in [3.05, 3.63) is 47.7 Å². The lowest BCUT2D eigenvalue weighted by Crippen LogP contribution is -2.44. The number of amides is 2. The zero-order valence-electron chi connectivity index (χ0n) is 19.8. The molecule has 0 radical (unpaired) electrons. The van der Waals surface area contributed by atoms with Crippen LogP contribution in [-0.2, 0) is 16.6 Å². The highest BCUT2D eigenvalue weighted by atomic mass is 16.5. The highest BCUT2D eigenvalue weighted by Crippen LogP contribution is 2.43. The number of hydrogen-bond acceptors (Lipinski definition) is 4. The minimum atomic E-state index is -0.104. The van der Waals surface area contributed by atoms with Crippen LogP contribution < -0.4 is 0 Å². The second kappa shape index (κ2) is 8.71. The van der Waals surface area contributed by atoms with Crippen molar-refractivity contribution < 1.29 is 14.3 Å². The molecule has 0 aliphatic carbocycles. The van der Waals surface area contributed by atoms with E-state index >= 15 is 0 Å². The van der Waals surface area contributed by atoms with Gasteiger partial charge in [-0.1, -0.05) is 30.3 Å². The molecule has 4 rings (SSSR count). The Bertz CT molecular complexity index is 1000. The molecule has 7 nitrogen and oxygen atoms in total. The number of benzene rings is 1. The van der Waals surface area contributed by atoms with Gasteiger partial charge in [-0.05, 0) is 32.6 Å². The second-order valence-electron chi connectivity index (χ2n) is 9.64. The highest BCUT2D eigenvalue weighted by molar-refractivity contribution is 5.97. The number of methoxy groups -OCH3 is 1. The minimum absolute atomic E-state index is 0.0318. The lowest BCUT2D eigenvalue weighted by atomic mass is 9.80.